The molecule has 2 rings (SSSR count). The Morgan fingerprint density at radius 1 is 1.48 bits per heavy atom. The van der Waals surface area contributed by atoms with Crippen molar-refractivity contribution in [3.63, 3.8) is 0 Å². The van der Waals surface area contributed by atoms with Crippen LogP contribution in [0.4, 0.5) is 0 Å². The third-order valence-electron chi connectivity index (χ3n) is 5.02. The van der Waals surface area contributed by atoms with Crippen LogP contribution in [0.3, 0.4) is 0 Å². The molecule has 1 aliphatic carbocycles. The summed E-state index contributed by atoms with van der Waals surface area (Å²) in [5, 5.41) is 8.79. The van der Waals surface area contributed by atoms with Gasteiger partial charge >= 0.3 is 0 Å². The summed E-state index contributed by atoms with van der Waals surface area (Å²) >= 11 is 6.32. The molecule has 1 heterocycles. The van der Waals surface area contributed by atoms with Gasteiger partial charge in [-0.05, 0) is 39.8 Å². The second-order valence-electron chi connectivity index (χ2n) is 6.89. The average molecular weight is 313 g/mol. The number of halogens is 1. The van der Waals surface area contributed by atoms with Crippen molar-refractivity contribution < 1.29 is 0 Å². The molecule has 0 aromatic carbocycles. The highest BCUT2D eigenvalue weighted by Gasteiger charge is 2.36. The molecule has 21 heavy (non-hydrogen) atoms. The number of hydrogen-bond donors (Lipinski definition) is 1. The summed E-state index contributed by atoms with van der Waals surface area (Å²) in [5.41, 5.74) is 2.26. The largest absolute Gasteiger partial charge is 0.309 e. The Labute approximate surface area is 133 Å². The van der Waals surface area contributed by atoms with Gasteiger partial charge in [0.25, 0.3) is 0 Å². The molecule has 4 nitrogen and oxygen atoms in total. The van der Waals surface area contributed by atoms with Crippen LogP contribution in [0.1, 0.15) is 44.0 Å². The van der Waals surface area contributed by atoms with Crippen LogP contribution in [-0.4, -0.2) is 40.9 Å². The molecule has 1 saturated carbocycles. The summed E-state index contributed by atoms with van der Waals surface area (Å²) in [4.78, 5) is 2.41. The zero-order chi connectivity index (χ0) is 15.6. The van der Waals surface area contributed by atoms with Crippen molar-refractivity contribution in [1.29, 1.82) is 0 Å². The third-order valence-corrected chi connectivity index (χ3v) is 5.52. The molecule has 2 atom stereocenters. The van der Waals surface area contributed by atoms with Crippen molar-refractivity contribution >= 4 is 11.6 Å². The lowest BCUT2D eigenvalue weighted by Crippen LogP contribution is -2.54. The van der Waals surface area contributed by atoms with Gasteiger partial charge in [-0.15, -0.1) is 0 Å². The molecule has 2 unspecified atom stereocenters. The predicted octanol–water partition coefficient (Wildman–Crippen LogP) is 2.98. The Morgan fingerprint density at radius 2 is 2.19 bits per heavy atom. The molecule has 0 radical (unpaired) electrons. The molecule has 120 valence electrons. The summed E-state index contributed by atoms with van der Waals surface area (Å²) < 4.78 is 1.89. The first-order valence-corrected chi connectivity index (χ1v) is 8.29. The maximum absolute atomic E-state index is 6.32. The van der Waals surface area contributed by atoms with E-state index in [1.54, 1.807) is 0 Å². The van der Waals surface area contributed by atoms with Crippen molar-refractivity contribution in [2.75, 3.05) is 20.6 Å². The van der Waals surface area contributed by atoms with E-state index in [4.69, 9.17) is 11.6 Å². The van der Waals surface area contributed by atoms with Gasteiger partial charge in [-0.2, -0.15) is 5.10 Å². The molecule has 1 aromatic rings. The number of nitrogens with zero attached hydrogens (tertiary/aromatic N) is 3. The third kappa shape index (κ3) is 3.61. The second-order valence-corrected chi connectivity index (χ2v) is 7.27. The summed E-state index contributed by atoms with van der Waals surface area (Å²) in [6.45, 7) is 6.11. The maximum atomic E-state index is 6.32. The lowest BCUT2D eigenvalue weighted by molar-refractivity contribution is 0.0748. The number of nitrogens with one attached hydrogen (secondary N) is 1. The van der Waals surface area contributed by atoms with Gasteiger partial charge in [0.1, 0.15) is 0 Å². The highest BCUT2D eigenvalue weighted by molar-refractivity contribution is 6.31. The highest BCUT2D eigenvalue weighted by Crippen LogP contribution is 2.35. The molecule has 0 spiro atoms. The molecule has 0 bridgehead atoms. The van der Waals surface area contributed by atoms with E-state index in [0.717, 1.165) is 35.4 Å². The van der Waals surface area contributed by atoms with Crippen LogP contribution < -0.4 is 5.32 Å². The Kier molecular flexibility index (Phi) is 5.33. The summed E-state index contributed by atoms with van der Waals surface area (Å²) in [6, 6.07) is 0. The van der Waals surface area contributed by atoms with Gasteiger partial charge in [0.15, 0.2) is 0 Å². The first kappa shape index (κ1) is 16.8. The van der Waals surface area contributed by atoms with E-state index in [1.165, 1.54) is 25.7 Å². The Morgan fingerprint density at radius 3 is 2.71 bits per heavy atom. The summed E-state index contributed by atoms with van der Waals surface area (Å²) in [6.07, 6.45) is 5.23. The molecule has 1 aliphatic rings. The van der Waals surface area contributed by atoms with E-state index >= 15 is 0 Å². The predicted molar refractivity (Wildman–Crippen MR) is 88.7 cm³/mol. The number of likely N-dealkylation sites (N-methyl/N-ethyl adjacent to an activating group) is 1. The van der Waals surface area contributed by atoms with Gasteiger partial charge in [-0.25, -0.2) is 0 Å². The van der Waals surface area contributed by atoms with Gasteiger partial charge in [-0.1, -0.05) is 31.4 Å². The van der Waals surface area contributed by atoms with Crippen molar-refractivity contribution in [1.82, 2.24) is 20.0 Å². The lowest BCUT2D eigenvalue weighted by Gasteiger charge is -2.45. The molecular weight excluding hydrogens is 284 g/mol. The minimum atomic E-state index is 0.276. The van der Waals surface area contributed by atoms with Crippen LogP contribution in [-0.2, 0) is 13.6 Å². The highest BCUT2D eigenvalue weighted by atomic mass is 35.5. The SMILES string of the molecule is Cc1nn(C)c(CNCC2(N(C)C)CCCC(C)C2)c1Cl. The fourth-order valence-electron chi connectivity index (χ4n) is 3.64. The van der Waals surface area contributed by atoms with Crippen molar-refractivity contribution in [2.45, 2.75) is 51.6 Å². The lowest BCUT2D eigenvalue weighted by atomic mass is 9.75. The van der Waals surface area contributed by atoms with E-state index in [9.17, 15) is 0 Å². The fourth-order valence-corrected chi connectivity index (χ4v) is 3.87. The van der Waals surface area contributed by atoms with Crippen LogP contribution in [0.15, 0.2) is 0 Å². The minimum absolute atomic E-state index is 0.276. The van der Waals surface area contributed by atoms with E-state index in [-0.39, 0.29) is 5.54 Å². The molecule has 1 aromatic heterocycles. The van der Waals surface area contributed by atoms with E-state index in [2.05, 4.69) is 36.3 Å². The van der Waals surface area contributed by atoms with Gasteiger partial charge in [0, 0.05) is 25.7 Å². The van der Waals surface area contributed by atoms with Gasteiger partial charge in [0.05, 0.1) is 16.4 Å². The van der Waals surface area contributed by atoms with Crippen molar-refractivity contribution in [3.8, 4) is 0 Å². The van der Waals surface area contributed by atoms with Crippen LogP contribution in [0.5, 0.6) is 0 Å². The van der Waals surface area contributed by atoms with Crippen LogP contribution in [0, 0.1) is 12.8 Å². The van der Waals surface area contributed by atoms with Crippen LogP contribution >= 0.6 is 11.6 Å². The monoisotopic (exact) mass is 312 g/mol. The summed E-state index contributed by atoms with van der Waals surface area (Å²) in [7, 11) is 6.38. The normalized spacial score (nSPS) is 26.5. The van der Waals surface area contributed by atoms with E-state index in [0.29, 0.717) is 0 Å². The first-order chi connectivity index (χ1) is 9.85. The number of aromatic nitrogens is 2. The van der Waals surface area contributed by atoms with Crippen molar-refractivity contribution in [3.05, 3.63) is 16.4 Å². The van der Waals surface area contributed by atoms with Gasteiger partial charge in [-0.3, -0.25) is 4.68 Å². The Balaban J connectivity index is 2.00. The standard InChI is InChI=1S/C16H29ClN4/c1-12-7-6-8-16(9-12,20(3)4)11-18-10-14-15(17)13(2)19-21(14)5/h12,18H,6-11H2,1-5H3. The molecule has 0 amide bonds. The van der Waals surface area contributed by atoms with Crippen LogP contribution in [0.25, 0.3) is 0 Å². The molecule has 0 saturated heterocycles. The maximum Gasteiger partial charge on any atom is 0.0860 e. The van der Waals surface area contributed by atoms with E-state index in [1.807, 2.05) is 18.7 Å². The van der Waals surface area contributed by atoms with Gasteiger partial charge in [0.2, 0.25) is 0 Å². The molecule has 1 N–H and O–H groups in total. The summed E-state index contributed by atoms with van der Waals surface area (Å²) in [5.74, 6) is 0.811. The quantitative estimate of drug-likeness (QED) is 0.907. The first-order valence-electron chi connectivity index (χ1n) is 7.92. The Bertz CT molecular complexity index is 483. The molecule has 5 heteroatoms. The Hall–Kier alpha value is -0.580. The molecule has 0 aliphatic heterocycles. The van der Waals surface area contributed by atoms with E-state index < -0.39 is 0 Å². The molecule has 1 fully saturated rings. The topological polar surface area (TPSA) is 33.1 Å². The molecular formula is C16H29ClN4. The van der Waals surface area contributed by atoms with Crippen LogP contribution in [0.2, 0.25) is 5.02 Å². The number of aryl methyl sites for hydroxylation is 2. The zero-order valence-corrected chi connectivity index (χ0v) is 14.8. The van der Waals surface area contributed by atoms with Gasteiger partial charge < -0.3 is 10.2 Å². The minimum Gasteiger partial charge on any atom is -0.309 e. The number of hydrogen-bond acceptors (Lipinski definition) is 3. The average Bonchev–Trinajstić information content (AvgIpc) is 2.65. The smallest absolute Gasteiger partial charge is 0.0860 e. The second kappa shape index (κ2) is 6.67. The zero-order valence-electron chi connectivity index (χ0n) is 14.0. The number of rotatable bonds is 5. The van der Waals surface area contributed by atoms with Crippen molar-refractivity contribution in [2.24, 2.45) is 13.0 Å². The fraction of sp³-hybridized carbons (Fsp3) is 0.812.